The predicted molar refractivity (Wildman–Crippen MR) is 268 cm³/mol. The quantitative estimate of drug-likeness (QED) is 0.152. The van der Waals surface area contributed by atoms with Crippen molar-refractivity contribution in [3.63, 3.8) is 0 Å². The second kappa shape index (κ2) is 17.2. The molecule has 2 unspecified atom stereocenters. The van der Waals surface area contributed by atoms with Gasteiger partial charge in [-0.1, -0.05) is 185 Å². The first-order valence-corrected chi connectivity index (χ1v) is 23.3. The minimum Gasteiger partial charge on any atom is -0.659 e. The van der Waals surface area contributed by atoms with Crippen LogP contribution in [0.3, 0.4) is 0 Å². The van der Waals surface area contributed by atoms with Crippen molar-refractivity contribution in [1.82, 2.24) is 0 Å². The molecular formula is C60H54IrN4-2. The van der Waals surface area contributed by atoms with Crippen molar-refractivity contribution in [2.24, 2.45) is 0 Å². The molecule has 12 rings (SSSR count). The molecule has 2 aliphatic heterocycles. The van der Waals surface area contributed by atoms with Gasteiger partial charge in [0.2, 0.25) is 0 Å². The molecule has 2 heterocycles. The van der Waals surface area contributed by atoms with Gasteiger partial charge in [-0.05, 0) is 130 Å². The molecule has 65 heavy (non-hydrogen) atoms. The molecule has 8 aromatic carbocycles. The first kappa shape index (κ1) is 42.6. The Morgan fingerprint density at radius 3 is 1.11 bits per heavy atom. The van der Waals surface area contributed by atoms with Gasteiger partial charge in [0.1, 0.15) is 0 Å². The molecule has 2 aliphatic carbocycles. The number of nitrogens with zero attached hydrogens (tertiary/aromatic N) is 4. The van der Waals surface area contributed by atoms with Crippen LogP contribution in [0.15, 0.2) is 194 Å². The van der Waals surface area contributed by atoms with E-state index in [-0.39, 0.29) is 43.3 Å². The van der Waals surface area contributed by atoms with Gasteiger partial charge in [-0.3, -0.25) is 0 Å². The van der Waals surface area contributed by atoms with E-state index in [4.69, 9.17) is 10.6 Å². The topological polar surface area (TPSA) is 34.7 Å². The zero-order valence-corrected chi connectivity index (χ0v) is 40.0. The first-order chi connectivity index (χ1) is 31.5. The standard InChI is InChI=1S/2C30H27N2.Ir/c2*1-3-30(4-2)25-15-9-8-14-23(25)24-19-18-21(20-26(24)30)29-31-27-16-10-11-17-28(27)32(29)22-12-6-5-7-13-22;/h2*5-20,29H,3-4H2,1-2H3;/q2*-1;. The summed E-state index contributed by atoms with van der Waals surface area (Å²) in [4.78, 5) is 4.75. The molecule has 0 aromatic heterocycles. The summed E-state index contributed by atoms with van der Waals surface area (Å²) < 4.78 is 0. The molecule has 0 N–H and O–H groups in total. The Bertz CT molecular complexity index is 2790. The van der Waals surface area contributed by atoms with Crippen LogP contribution in [0.5, 0.6) is 0 Å². The molecule has 1 radical (unpaired) electrons. The average molecular weight is 1020 g/mol. The van der Waals surface area contributed by atoms with Crippen molar-refractivity contribution in [3.8, 4) is 22.3 Å². The smallest absolute Gasteiger partial charge is 0.0401 e. The predicted octanol–water partition coefficient (Wildman–Crippen LogP) is 17.3. The molecule has 0 amide bonds. The number of benzene rings is 8. The fourth-order valence-electron chi connectivity index (χ4n) is 11.7. The minimum absolute atomic E-state index is 0. The molecule has 2 atom stereocenters. The molecule has 4 aliphatic rings. The Morgan fingerprint density at radius 2 is 0.708 bits per heavy atom. The van der Waals surface area contributed by atoms with Crippen molar-refractivity contribution in [1.29, 1.82) is 0 Å². The SMILES string of the molecule is CCC1(CC)c2ccccc2-c2ccc(C3[N-]c4ccccc4N3c3ccccc3)cc21.CCC1(CC)c2ccccc2-c2ccc(C3[N-]c4ccccc4N3c3ccccc3)cc21.[Ir]. The first-order valence-electron chi connectivity index (χ1n) is 23.3. The van der Waals surface area contributed by atoms with E-state index in [0.717, 1.165) is 37.1 Å². The van der Waals surface area contributed by atoms with Crippen molar-refractivity contribution in [2.45, 2.75) is 76.5 Å². The van der Waals surface area contributed by atoms with Crippen LogP contribution >= 0.6 is 0 Å². The number of hydrogen-bond acceptors (Lipinski definition) is 2. The number of rotatable bonds is 8. The van der Waals surface area contributed by atoms with E-state index in [1.165, 1.54) is 78.4 Å². The van der Waals surface area contributed by atoms with Gasteiger partial charge in [0.15, 0.2) is 0 Å². The molecule has 0 saturated heterocycles. The number of hydrogen-bond donors (Lipinski definition) is 0. The van der Waals surface area contributed by atoms with E-state index in [0.29, 0.717) is 0 Å². The third kappa shape index (κ3) is 6.66. The van der Waals surface area contributed by atoms with E-state index in [1.54, 1.807) is 0 Å². The second-order valence-corrected chi connectivity index (χ2v) is 17.7. The van der Waals surface area contributed by atoms with Crippen LogP contribution in [0.25, 0.3) is 32.9 Å². The van der Waals surface area contributed by atoms with Crippen molar-refractivity contribution >= 4 is 34.1 Å². The van der Waals surface area contributed by atoms with Gasteiger partial charge in [-0.2, -0.15) is 0 Å². The van der Waals surface area contributed by atoms with Gasteiger partial charge in [0, 0.05) is 53.7 Å². The Kier molecular flexibility index (Phi) is 11.3. The van der Waals surface area contributed by atoms with E-state index in [1.807, 2.05) is 0 Å². The maximum atomic E-state index is 5.18. The number of fused-ring (bicyclic) bond motifs is 8. The zero-order valence-electron chi connectivity index (χ0n) is 37.6. The summed E-state index contributed by atoms with van der Waals surface area (Å²) in [6.45, 7) is 9.31. The van der Waals surface area contributed by atoms with Gasteiger partial charge in [0.25, 0.3) is 0 Å². The van der Waals surface area contributed by atoms with Gasteiger partial charge in [-0.25, -0.2) is 0 Å². The maximum absolute atomic E-state index is 5.18. The third-order valence-electron chi connectivity index (χ3n) is 15.0. The van der Waals surface area contributed by atoms with Gasteiger partial charge in [-0.15, -0.1) is 11.4 Å². The summed E-state index contributed by atoms with van der Waals surface area (Å²) in [6.07, 6.45) is 4.27. The molecule has 4 nitrogen and oxygen atoms in total. The number of anilines is 4. The van der Waals surface area contributed by atoms with E-state index in [2.05, 4.69) is 232 Å². The Balaban J connectivity index is 0.000000151. The van der Waals surface area contributed by atoms with Crippen LogP contribution in [-0.4, -0.2) is 0 Å². The Hall–Kier alpha value is -6.39. The summed E-state index contributed by atoms with van der Waals surface area (Å²) in [5, 5.41) is 10.4. The Labute approximate surface area is 398 Å². The Morgan fingerprint density at radius 1 is 0.369 bits per heavy atom. The van der Waals surface area contributed by atoms with Gasteiger partial charge < -0.3 is 20.4 Å². The molecule has 325 valence electrons. The van der Waals surface area contributed by atoms with Gasteiger partial charge >= 0.3 is 0 Å². The van der Waals surface area contributed by atoms with Crippen LogP contribution in [-0.2, 0) is 30.9 Å². The largest absolute Gasteiger partial charge is 0.659 e. The minimum atomic E-state index is -0.0600. The van der Waals surface area contributed by atoms with Crippen LogP contribution in [0, 0.1) is 0 Å². The van der Waals surface area contributed by atoms with Crippen molar-refractivity contribution in [2.75, 3.05) is 9.80 Å². The normalized spacial score (nSPS) is 17.2. The fourth-order valence-corrected chi connectivity index (χ4v) is 11.7. The molecule has 0 bridgehead atoms. The third-order valence-corrected chi connectivity index (χ3v) is 15.0. The molecule has 8 aromatic rings. The van der Waals surface area contributed by atoms with Crippen LogP contribution in [0.4, 0.5) is 34.1 Å². The van der Waals surface area contributed by atoms with Crippen LogP contribution in [0.1, 0.15) is 99.1 Å². The second-order valence-electron chi connectivity index (χ2n) is 17.7. The average Bonchev–Trinajstić information content (AvgIpc) is 4.10. The van der Waals surface area contributed by atoms with Crippen molar-refractivity contribution < 1.29 is 20.1 Å². The van der Waals surface area contributed by atoms with E-state index >= 15 is 0 Å². The summed E-state index contributed by atoms with van der Waals surface area (Å²) in [6, 6.07) is 70.3. The molecule has 0 saturated carbocycles. The monoisotopic (exact) mass is 1020 g/mol. The van der Waals surface area contributed by atoms with Crippen LogP contribution in [0.2, 0.25) is 0 Å². The van der Waals surface area contributed by atoms with Crippen LogP contribution < -0.4 is 9.80 Å². The van der Waals surface area contributed by atoms with Crippen molar-refractivity contribution in [3.05, 3.63) is 238 Å². The molecule has 5 heteroatoms. The zero-order chi connectivity index (χ0) is 43.4. The summed E-state index contributed by atoms with van der Waals surface area (Å²) in [7, 11) is 0. The summed E-state index contributed by atoms with van der Waals surface area (Å²) >= 11 is 0. The van der Waals surface area contributed by atoms with E-state index in [9.17, 15) is 0 Å². The number of para-hydroxylation sites is 6. The van der Waals surface area contributed by atoms with Gasteiger partial charge in [0.05, 0.1) is 0 Å². The summed E-state index contributed by atoms with van der Waals surface area (Å²) in [5.74, 6) is 0. The molecule has 0 spiro atoms. The molecular weight excluding hydrogens is 969 g/mol. The van der Waals surface area contributed by atoms with E-state index < -0.39 is 0 Å². The maximum Gasteiger partial charge on any atom is 0.0401 e. The fraction of sp³-hybridized carbons (Fsp3) is 0.200. The molecule has 0 fully saturated rings. The summed E-state index contributed by atoms with van der Waals surface area (Å²) in [5.41, 5.74) is 20.9.